The molecule has 0 spiro atoms. The molecule has 0 radical (unpaired) electrons. The molecule has 3 heterocycles. The monoisotopic (exact) mass is 297 g/mol. The summed E-state index contributed by atoms with van der Waals surface area (Å²) in [5.41, 5.74) is 2.38. The van der Waals surface area contributed by atoms with Gasteiger partial charge in [0.2, 0.25) is 5.91 Å². The number of imidazole rings is 1. The highest BCUT2D eigenvalue weighted by atomic mass is 16.2. The van der Waals surface area contributed by atoms with Gasteiger partial charge in [-0.05, 0) is 31.7 Å². The smallest absolute Gasteiger partial charge is 0.248 e. The minimum atomic E-state index is 0.0569. The molecule has 2 aromatic rings. The average molecular weight is 297 g/mol. The van der Waals surface area contributed by atoms with Gasteiger partial charge in [0.05, 0.1) is 0 Å². The van der Waals surface area contributed by atoms with Gasteiger partial charge in [0, 0.05) is 36.8 Å². The molecule has 1 unspecified atom stereocenters. The van der Waals surface area contributed by atoms with E-state index >= 15 is 0 Å². The fraction of sp³-hybridized carbons (Fsp3) is 0.375. The number of hydrogen-bond donors (Lipinski definition) is 1. The van der Waals surface area contributed by atoms with Gasteiger partial charge in [-0.1, -0.05) is 6.58 Å². The lowest BCUT2D eigenvalue weighted by atomic mass is 10.0. The lowest BCUT2D eigenvalue weighted by molar-refractivity contribution is -0.126. The maximum atomic E-state index is 11.9. The van der Waals surface area contributed by atoms with Crippen molar-refractivity contribution in [1.29, 1.82) is 0 Å². The second-order valence-electron chi connectivity index (χ2n) is 5.72. The van der Waals surface area contributed by atoms with E-state index in [0.717, 1.165) is 43.1 Å². The maximum Gasteiger partial charge on any atom is 0.248 e. The quantitative estimate of drug-likeness (QED) is 0.874. The third-order valence-electron chi connectivity index (χ3n) is 3.90. The summed E-state index contributed by atoms with van der Waals surface area (Å²) in [6, 6.07) is 1.96. The van der Waals surface area contributed by atoms with Crippen molar-refractivity contribution >= 4 is 5.91 Å². The number of aromatic nitrogens is 4. The number of nitrogens with one attached hydrogen (secondary N) is 1. The van der Waals surface area contributed by atoms with E-state index in [0.29, 0.717) is 11.5 Å². The van der Waals surface area contributed by atoms with Crippen LogP contribution in [0.2, 0.25) is 0 Å². The number of rotatable bonds is 4. The largest absolute Gasteiger partial charge is 0.343 e. The first-order chi connectivity index (χ1) is 10.6. The molecule has 1 atom stereocenters. The van der Waals surface area contributed by atoms with Crippen LogP contribution in [0, 0.1) is 5.92 Å². The fourth-order valence-corrected chi connectivity index (χ4v) is 2.79. The van der Waals surface area contributed by atoms with Crippen molar-refractivity contribution in [3.05, 3.63) is 42.6 Å². The minimum absolute atomic E-state index is 0.0569. The number of H-pyrrole nitrogens is 1. The molecule has 1 saturated heterocycles. The number of likely N-dealkylation sites (tertiary alicyclic amines) is 1. The molecule has 1 N–H and O–H groups in total. The molecule has 114 valence electrons. The van der Waals surface area contributed by atoms with Crippen molar-refractivity contribution < 1.29 is 4.79 Å². The predicted octanol–water partition coefficient (Wildman–Crippen LogP) is 1.83. The van der Waals surface area contributed by atoms with Crippen LogP contribution in [0.5, 0.6) is 0 Å². The molecule has 6 nitrogen and oxygen atoms in total. The summed E-state index contributed by atoms with van der Waals surface area (Å²) < 4.78 is 0. The van der Waals surface area contributed by atoms with Gasteiger partial charge in [0.25, 0.3) is 0 Å². The van der Waals surface area contributed by atoms with Gasteiger partial charge in [0.1, 0.15) is 12.0 Å². The van der Waals surface area contributed by atoms with Crippen LogP contribution < -0.4 is 0 Å². The summed E-state index contributed by atoms with van der Waals surface area (Å²) in [4.78, 5) is 29.7. The van der Waals surface area contributed by atoms with Crippen LogP contribution in [-0.2, 0) is 11.2 Å². The Labute approximate surface area is 129 Å². The van der Waals surface area contributed by atoms with Crippen molar-refractivity contribution in [2.45, 2.75) is 19.8 Å². The van der Waals surface area contributed by atoms with E-state index < -0.39 is 0 Å². The Morgan fingerprint density at radius 3 is 3.05 bits per heavy atom. The molecule has 6 heteroatoms. The number of aromatic amines is 1. The zero-order valence-electron chi connectivity index (χ0n) is 12.6. The Hall–Kier alpha value is -2.50. The summed E-state index contributed by atoms with van der Waals surface area (Å²) >= 11 is 0. The SMILES string of the molecule is C=C(C)C(=O)N1CCC(Cc2cc(-c3ncc[nH]3)ncn2)C1. The normalized spacial score (nSPS) is 17.7. The van der Waals surface area contributed by atoms with Crippen LogP contribution in [0.15, 0.2) is 36.9 Å². The lowest BCUT2D eigenvalue weighted by Gasteiger charge is -2.16. The van der Waals surface area contributed by atoms with Crippen LogP contribution in [0.3, 0.4) is 0 Å². The topological polar surface area (TPSA) is 74.8 Å². The van der Waals surface area contributed by atoms with Gasteiger partial charge in [-0.15, -0.1) is 0 Å². The Morgan fingerprint density at radius 2 is 2.32 bits per heavy atom. The van der Waals surface area contributed by atoms with E-state index in [1.54, 1.807) is 25.6 Å². The maximum absolute atomic E-state index is 11.9. The molecule has 2 aromatic heterocycles. The molecule has 1 amide bonds. The molecule has 1 aliphatic heterocycles. The number of nitrogens with zero attached hydrogens (tertiary/aromatic N) is 4. The molecular formula is C16H19N5O. The first-order valence-corrected chi connectivity index (χ1v) is 7.39. The molecule has 3 rings (SSSR count). The van der Waals surface area contributed by atoms with E-state index in [9.17, 15) is 4.79 Å². The van der Waals surface area contributed by atoms with E-state index in [4.69, 9.17) is 0 Å². The van der Waals surface area contributed by atoms with Crippen LogP contribution in [-0.4, -0.2) is 43.8 Å². The van der Waals surface area contributed by atoms with E-state index in [1.807, 2.05) is 11.0 Å². The van der Waals surface area contributed by atoms with E-state index in [-0.39, 0.29) is 5.91 Å². The highest BCUT2D eigenvalue weighted by Gasteiger charge is 2.26. The van der Waals surface area contributed by atoms with Gasteiger partial charge >= 0.3 is 0 Å². The van der Waals surface area contributed by atoms with Crippen molar-refractivity contribution in [2.24, 2.45) is 5.92 Å². The fourth-order valence-electron chi connectivity index (χ4n) is 2.79. The van der Waals surface area contributed by atoms with Crippen LogP contribution in [0.25, 0.3) is 11.5 Å². The summed E-state index contributed by atoms with van der Waals surface area (Å²) in [6.07, 6.45) is 6.89. The summed E-state index contributed by atoms with van der Waals surface area (Å²) in [7, 11) is 0. The number of carbonyl (C=O) groups excluding carboxylic acids is 1. The first kappa shape index (κ1) is 14.4. The highest BCUT2D eigenvalue weighted by molar-refractivity contribution is 5.92. The molecule has 1 aliphatic rings. The van der Waals surface area contributed by atoms with Crippen LogP contribution in [0.1, 0.15) is 19.0 Å². The third kappa shape index (κ3) is 3.05. The second-order valence-corrected chi connectivity index (χ2v) is 5.72. The number of carbonyl (C=O) groups is 1. The Balaban J connectivity index is 1.66. The Morgan fingerprint density at radius 1 is 1.45 bits per heavy atom. The first-order valence-electron chi connectivity index (χ1n) is 7.39. The predicted molar refractivity (Wildman–Crippen MR) is 82.8 cm³/mol. The van der Waals surface area contributed by atoms with Crippen LogP contribution in [0.4, 0.5) is 0 Å². The molecule has 0 bridgehead atoms. The molecule has 22 heavy (non-hydrogen) atoms. The third-order valence-corrected chi connectivity index (χ3v) is 3.90. The summed E-state index contributed by atoms with van der Waals surface area (Å²) in [5, 5.41) is 0. The van der Waals surface area contributed by atoms with Gasteiger partial charge < -0.3 is 9.88 Å². The minimum Gasteiger partial charge on any atom is -0.343 e. The molecule has 0 saturated carbocycles. The molecule has 0 aliphatic carbocycles. The van der Waals surface area contributed by atoms with E-state index in [1.165, 1.54) is 0 Å². The van der Waals surface area contributed by atoms with Crippen molar-refractivity contribution in [1.82, 2.24) is 24.8 Å². The zero-order valence-corrected chi connectivity index (χ0v) is 12.6. The van der Waals surface area contributed by atoms with Crippen molar-refractivity contribution in [2.75, 3.05) is 13.1 Å². The number of hydrogen-bond acceptors (Lipinski definition) is 4. The number of amides is 1. The van der Waals surface area contributed by atoms with Gasteiger partial charge in [0.15, 0.2) is 5.82 Å². The van der Waals surface area contributed by atoms with E-state index in [2.05, 4.69) is 26.5 Å². The molecule has 0 aromatic carbocycles. The summed E-state index contributed by atoms with van der Waals surface area (Å²) in [6.45, 7) is 7.05. The second kappa shape index (κ2) is 6.09. The summed E-state index contributed by atoms with van der Waals surface area (Å²) in [5.74, 6) is 1.23. The Bertz CT molecular complexity index is 680. The van der Waals surface area contributed by atoms with Gasteiger partial charge in [-0.2, -0.15) is 0 Å². The van der Waals surface area contributed by atoms with Crippen molar-refractivity contribution in [3.63, 3.8) is 0 Å². The molecular weight excluding hydrogens is 278 g/mol. The highest BCUT2D eigenvalue weighted by Crippen LogP contribution is 2.22. The van der Waals surface area contributed by atoms with Gasteiger partial charge in [-0.25, -0.2) is 15.0 Å². The van der Waals surface area contributed by atoms with Crippen LogP contribution >= 0.6 is 0 Å². The standard InChI is InChI=1S/C16H19N5O/c1-11(2)16(22)21-6-3-12(9-21)7-13-8-14(20-10-19-13)15-17-4-5-18-15/h4-5,8,10,12H,1,3,6-7,9H2,2H3,(H,17,18). The Kier molecular flexibility index (Phi) is 4.00. The lowest BCUT2D eigenvalue weighted by Crippen LogP contribution is -2.29. The zero-order chi connectivity index (χ0) is 15.5. The molecule has 1 fully saturated rings. The van der Waals surface area contributed by atoms with Crippen molar-refractivity contribution in [3.8, 4) is 11.5 Å². The van der Waals surface area contributed by atoms with Gasteiger partial charge in [-0.3, -0.25) is 4.79 Å². The average Bonchev–Trinajstić information content (AvgIpc) is 3.18.